The van der Waals surface area contributed by atoms with Crippen LogP contribution in [0.1, 0.15) is 11.1 Å². The van der Waals surface area contributed by atoms with Crippen LogP contribution >= 0.6 is 11.6 Å². The maximum absolute atomic E-state index is 13.0. The maximum atomic E-state index is 13.0. The van der Waals surface area contributed by atoms with Crippen molar-refractivity contribution in [2.45, 2.75) is 11.3 Å². The van der Waals surface area contributed by atoms with Gasteiger partial charge in [0, 0.05) is 52.5 Å². The fraction of sp³-hybridized carbons (Fsp3) is 0.348. The van der Waals surface area contributed by atoms with E-state index in [4.69, 9.17) is 11.6 Å². The second-order valence-corrected chi connectivity index (χ2v) is 10.1. The van der Waals surface area contributed by atoms with E-state index in [-0.39, 0.29) is 4.90 Å². The molecule has 1 fully saturated rings. The molecule has 0 aliphatic carbocycles. The van der Waals surface area contributed by atoms with E-state index >= 15 is 0 Å². The summed E-state index contributed by atoms with van der Waals surface area (Å²) < 4.78 is 27.6. The molecule has 2 aromatic carbocycles. The number of piperazine rings is 1. The Morgan fingerprint density at radius 1 is 1.06 bits per heavy atom. The molecule has 31 heavy (non-hydrogen) atoms. The monoisotopic (exact) mass is 461 g/mol. The average molecular weight is 462 g/mol. The van der Waals surface area contributed by atoms with E-state index < -0.39 is 15.3 Å². The summed E-state index contributed by atoms with van der Waals surface area (Å²) >= 11 is 5.32. The summed E-state index contributed by atoms with van der Waals surface area (Å²) in [6.07, 6.45) is 3.66. The Labute approximate surface area is 189 Å². The number of nitrogens with zero attached hydrogens (tertiary/aromatic N) is 3. The highest BCUT2D eigenvalue weighted by atomic mass is 35.5. The van der Waals surface area contributed by atoms with Crippen molar-refractivity contribution in [3.63, 3.8) is 0 Å². The molecule has 0 N–H and O–H groups in total. The molecular formula is C23H28ClN3O3S. The molecule has 2 aromatic rings. The number of hydrogen-bond acceptors (Lipinski definition) is 5. The highest BCUT2D eigenvalue weighted by molar-refractivity contribution is 7.89. The van der Waals surface area contributed by atoms with E-state index in [0.29, 0.717) is 31.7 Å². The third kappa shape index (κ3) is 6.40. The van der Waals surface area contributed by atoms with Crippen molar-refractivity contribution in [1.82, 2.24) is 9.21 Å². The van der Waals surface area contributed by atoms with Gasteiger partial charge in [-0.3, -0.25) is 4.79 Å². The number of anilines is 1. The van der Waals surface area contributed by atoms with Crippen LogP contribution in [0.4, 0.5) is 5.69 Å². The highest BCUT2D eigenvalue weighted by Gasteiger charge is 2.28. The van der Waals surface area contributed by atoms with Crippen molar-refractivity contribution >= 4 is 38.6 Å². The van der Waals surface area contributed by atoms with Crippen molar-refractivity contribution in [2.24, 2.45) is 0 Å². The van der Waals surface area contributed by atoms with Gasteiger partial charge in [-0.1, -0.05) is 30.3 Å². The van der Waals surface area contributed by atoms with Gasteiger partial charge in [-0.25, -0.2) is 8.42 Å². The van der Waals surface area contributed by atoms with Crippen LogP contribution in [-0.4, -0.2) is 69.7 Å². The largest absolute Gasteiger partial charge is 0.378 e. The molecule has 0 aromatic heterocycles. The van der Waals surface area contributed by atoms with Crippen molar-refractivity contribution in [3.05, 3.63) is 65.7 Å². The third-order valence-corrected chi connectivity index (χ3v) is 7.42. The zero-order valence-electron chi connectivity index (χ0n) is 17.9. The zero-order valence-corrected chi connectivity index (χ0v) is 19.4. The van der Waals surface area contributed by atoms with E-state index in [9.17, 15) is 13.2 Å². The van der Waals surface area contributed by atoms with E-state index in [1.807, 2.05) is 14.1 Å². The number of halogens is 1. The van der Waals surface area contributed by atoms with Crippen LogP contribution in [0.3, 0.4) is 0 Å². The van der Waals surface area contributed by atoms with Gasteiger partial charge in [-0.05, 0) is 59.5 Å². The lowest BCUT2D eigenvalue weighted by atomic mass is 10.1. The maximum Gasteiger partial charge on any atom is 0.245 e. The van der Waals surface area contributed by atoms with Gasteiger partial charge in [0.2, 0.25) is 15.3 Å². The Balaban J connectivity index is 1.56. The summed E-state index contributed by atoms with van der Waals surface area (Å²) in [4.78, 5) is 15.5. The van der Waals surface area contributed by atoms with E-state index in [2.05, 4.69) is 34.1 Å². The summed E-state index contributed by atoms with van der Waals surface area (Å²) in [6, 6.07) is 15.1. The molecule has 0 saturated carbocycles. The molecule has 1 aliphatic heterocycles. The lowest BCUT2D eigenvalue weighted by molar-refractivity contribution is -0.107. The summed E-state index contributed by atoms with van der Waals surface area (Å²) in [6.45, 7) is 3.23. The SMILES string of the molecule is CN(C)c1ccc(CCN2CCN(S(=O)(=O)c3cccc(/C=C/C(=O)Cl)c3)CC2)cc1. The van der Waals surface area contributed by atoms with Crippen molar-refractivity contribution in [1.29, 1.82) is 0 Å². The first-order valence-electron chi connectivity index (χ1n) is 10.2. The van der Waals surface area contributed by atoms with Crippen molar-refractivity contribution < 1.29 is 13.2 Å². The predicted octanol–water partition coefficient (Wildman–Crippen LogP) is 3.08. The van der Waals surface area contributed by atoms with Crippen molar-refractivity contribution in [3.8, 4) is 0 Å². The average Bonchev–Trinajstić information content (AvgIpc) is 2.77. The molecule has 0 spiro atoms. The molecule has 3 rings (SSSR count). The van der Waals surface area contributed by atoms with E-state index in [1.165, 1.54) is 27.7 Å². The Morgan fingerprint density at radius 3 is 2.35 bits per heavy atom. The molecule has 0 radical (unpaired) electrons. The molecule has 1 aliphatic rings. The standard InChI is InChI=1S/C23H28ClN3O3S/c1-25(2)21-9-6-19(7-10-21)12-13-26-14-16-27(17-15-26)31(29,30)22-5-3-4-20(18-22)8-11-23(24)28/h3-11,18H,12-17H2,1-2H3/b11-8+. The molecule has 0 amide bonds. The lowest BCUT2D eigenvalue weighted by Crippen LogP contribution is -2.49. The quantitative estimate of drug-likeness (QED) is 0.446. The second-order valence-electron chi connectivity index (χ2n) is 7.77. The molecule has 1 saturated heterocycles. The van der Waals surface area contributed by atoms with Gasteiger partial charge >= 0.3 is 0 Å². The number of benzene rings is 2. The van der Waals surface area contributed by atoms with Crippen LogP contribution in [0.5, 0.6) is 0 Å². The van der Waals surface area contributed by atoms with Crippen LogP contribution in [0, 0.1) is 0 Å². The van der Waals surface area contributed by atoms with Gasteiger partial charge in [0.05, 0.1) is 4.90 Å². The van der Waals surface area contributed by atoms with E-state index in [0.717, 1.165) is 13.0 Å². The van der Waals surface area contributed by atoms with Gasteiger partial charge < -0.3 is 9.80 Å². The molecule has 166 valence electrons. The Bertz CT molecular complexity index is 1030. The normalized spacial score (nSPS) is 16.0. The predicted molar refractivity (Wildman–Crippen MR) is 126 cm³/mol. The van der Waals surface area contributed by atoms with Crippen LogP contribution in [-0.2, 0) is 21.2 Å². The summed E-state index contributed by atoms with van der Waals surface area (Å²) in [5.74, 6) is 0. The zero-order chi connectivity index (χ0) is 22.4. The molecule has 8 heteroatoms. The molecular weight excluding hydrogens is 434 g/mol. The number of sulfonamides is 1. The number of allylic oxidation sites excluding steroid dienone is 1. The minimum absolute atomic E-state index is 0.228. The minimum Gasteiger partial charge on any atom is -0.378 e. The number of rotatable bonds is 8. The fourth-order valence-corrected chi connectivity index (χ4v) is 5.07. The Morgan fingerprint density at radius 2 is 1.74 bits per heavy atom. The third-order valence-electron chi connectivity index (χ3n) is 5.40. The second kappa shape index (κ2) is 10.4. The molecule has 0 atom stereocenters. The highest BCUT2D eigenvalue weighted by Crippen LogP contribution is 2.20. The minimum atomic E-state index is -3.58. The first-order valence-corrected chi connectivity index (χ1v) is 12.0. The summed E-state index contributed by atoms with van der Waals surface area (Å²) in [5, 5.41) is -0.599. The Kier molecular flexibility index (Phi) is 7.89. The van der Waals surface area contributed by atoms with E-state index in [1.54, 1.807) is 24.3 Å². The van der Waals surface area contributed by atoms with Gasteiger partial charge in [-0.15, -0.1) is 0 Å². The van der Waals surface area contributed by atoms with Gasteiger partial charge in [0.15, 0.2) is 0 Å². The van der Waals surface area contributed by atoms with Crippen LogP contribution in [0.25, 0.3) is 6.08 Å². The number of carbonyl (C=O) groups is 1. The van der Waals surface area contributed by atoms with Gasteiger partial charge in [0.1, 0.15) is 0 Å². The molecule has 0 unspecified atom stereocenters. The first-order chi connectivity index (χ1) is 14.8. The van der Waals surface area contributed by atoms with Gasteiger partial charge in [0.25, 0.3) is 0 Å². The number of hydrogen-bond donors (Lipinski definition) is 0. The number of carbonyl (C=O) groups excluding carboxylic acids is 1. The van der Waals surface area contributed by atoms with Crippen LogP contribution in [0.2, 0.25) is 0 Å². The molecule has 6 nitrogen and oxygen atoms in total. The molecule has 1 heterocycles. The summed E-state index contributed by atoms with van der Waals surface area (Å²) in [5.41, 5.74) is 3.08. The van der Waals surface area contributed by atoms with Crippen molar-refractivity contribution in [2.75, 3.05) is 51.7 Å². The summed E-state index contributed by atoms with van der Waals surface area (Å²) in [7, 11) is 0.472. The lowest BCUT2D eigenvalue weighted by Gasteiger charge is -2.34. The fourth-order valence-electron chi connectivity index (χ4n) is 3.53. The van der Waals surface area contributed by atoms with Crippen LogP contribution < -0.4 is 4.90 Å². The van der Waals surface area contributed by atoms with Crippen LogP contribution in [0.15, 0.2) is 59.5 Å². The first kappa shape index (κ1) is 23.5. The Hall–Kier alpha value is -2.19. The van der Waals surface area contributed by atoms with Gasteiger partial charge in [-0.2, -0.15) is 4.31 Å². The molecule has 0 bridgehead atoms. The smallest absolute Gasteiger partial charge is 0.245 e. The topological polar surface area (TPSA) is 60.9 Å².